The van der Waals surface area contributed by atoms with Gasteiger partial charge in [-0.25, -0.2) is 0 Å². The summed E-state index contributed by atoms with van der Waals surface area (Å²) in [5, 5.41) is 19.3. The number of nitrogens with zero attached hydrogens (tertiary/aromatic N) is 3. The van der Waals surface area contributed by atoms with Crippen molar-refractivity contribution in [1.29, 1.82) is 0 Å². The molecule has 8 aromatic rings. The second-order valence-corrected chi connectivity index (χ2v) is 9.52. The van der Waals surface area contributed by atoms with Crippen LogP contribution >= 0.6 is 0 Å². The van der Waals surface area contributed by atoms with Crippen LogP contribution in [0.1, 0.15) is 0 Å². The molecular weight excluding hydrogens is 450 g/mol. The van der Waals surface area contributed by atoms with Gasteiger partial charge in [0, 0.05) is 27.1 Å². The first-order valence-electron chi connectivity index (χ1n) is 12.5. The van der Waals surface area contributed by atoms with Crippen LogP contribution in [0.2, 0.25) is 0 Å². The molecule has 3 heteroatoms. The molecule has 2 heterocycles. The van der Waals surface area contributed by atoms with Crippen LogP contribution in [-0.2, 0) is 0 Å². The third-order valence-electron chi connectivity index (χ3n) is 7.45. The Bertz CT molecular complexity index is 2140. The Hall–Kier alpha value is -5.02. The van der Waals surface area contributed by atoms with Crippen molar-refractivity contribution in [3.8, 4) is 17.1 Å². The summed E-state index contributed by atoms with van der Waals surface area (Å²) in [5.41, 5.74) is 4.24. The number of benzene rings is 6. The Morgan fingerprint density at radius 2 is 1.08 bits per heavy atom. The molecule has 0 atom stereocenters. The van der Waals surface area contributed by atoms with Gasteiger partial charge in [0.15, 0.2) is 5.82 Å². The lowest BCUT2D eigenvalue weighted by Gasteiger charge is -2.13. The zero-order valence-corrected chi connectivity index (χ0v) is 20.0. The van der Waals surface area contributed by atoms with Crippen LogP contribution in [0, 0.1) is 0 Å². The van der Waals surface area contributed by atoms with E-state index in [-0.39, 0.29) is 0 Å². The third kappa shape index (κ3) is 2.95. The molecule has 3 nitrogen and oxygen atoms in total. The number of rotatable bonds is 2. The van der Waals surface area contributed by atoms with E-state index in [0.29, 0.717) is 0 Å². The average Bonchev–Trinajstić information content (AvgIpc) is 3.29. The summed E-state index contributed by atoms with van der Waals surface area (Å²) in [6.07, 6.45) is 0. The molecule has 2 aromatic heterocycles. The first-order chi connectivity index (χ1) is 18.4. The molecule has 0 saturated carbocycles. The molecule has 0 amide bonds. The molecule has 0 aliphatic heterocycles. The van der Waals surface area contributed by atoms with Crippen molar-refractivity contribution in [1.82, 2.24) is 14.8 Å². The van der Waals surface area contributed by atoms with Crippen molar-refractivity contribution >= 4 is 54.1 Å². The second-order valence-electron chi connectivity index (χ2n) is 9.52. The number of hydrogen-bond donors (Lipinski definition) is 0. The van der Waals surface area contributed by atoms with E-state index in [1.54, 1.807) is 0 Å². The highest BCUT2D eigenvalue weighted by molar-refractivity contribution is 6.23. The van der Waals surface area contributed by atoms with E-state index in [4.69, 9.17) is 10.2 Å². The lowest BCUT2D eigenvalue weighted by atomic mass is 10.0. The molecule has 0 saturated heterocycles. The quantitative estimate of drug-likeness (QED) is 0.252. The molecule has 6 aromatic carbocycles. The summed E-state index contributed by atoms with van der Waals surface area (Å²) in [7, 11) is 0. The van der Waals surface area contributed by atoms with Crippen LogP contribution in [0.4, 0.5) is 0 Å². The minimum Gasteiger partial charge on any atom is -0.292 e. The first kappa shape index (κ1) is 20.2. The van der Waals surface area contributed by atoms with Gasteiger partial charge in [-0.2, -0.15) is 0 Å². The van der Waals surface area contributed by atoms with Crippen molar-refractivity contribution in [3.63, 3.8) is 0 Å². The van der Waals surface area contributed by atoms with Gasteiger partial charge < -0.3 is 0 Å². The van der Waals surface area contributed by atoms with E-state index in [1.807, 2.05) is 18.2 Å². The molecule has 8 rings (SSSR count). The van der Waals surface area contributed by atoms with E-state index in [2.05, 4.69) is 114 Å². The fourth-order valence-electron chi connectivity index (χ4n) is 5.77. The van der Waals surface area contributed by atoms with Gasteiger partial charge >= 0.3 is 0 Å². The van der Waals surface area contributed by atoms with Gasteiger partial charge in [-0.15, -0.1) is 10.2 Å². The topological polar surface area (TPSA) is 30.7 Å². The smallest absolute Gasteiger partial charge is 0.168 e. The minimum atomic E-state index is 0.848. The lowest BCUT2D eigenvalue weighted by molar-refractivity contribution is 0.977. The molecule has 0 unspecified atom stereocenters. The Morgan fingerprint density at radius 1 is 0.432 bits per heavy atom. The zero-order chi connectivity index (χ0) is 24.3. The number of fused-ring (bicyclic) bond motifs is 7. The Kier molecular flexibility index (Phi) is 4.23. The average molecular weight is 472 g/mol. The van der Waals surface area contributed by atoms with Crippen molar-refractivity contribution in [3.05, 3.63) is 127 Å². The highest BCUT2D eigenvalue weighted by Crippen LogP contribution is 2.40. The maximum absolute atomic E-state index is 4.90. The van der Waals surface area contributed by atoms with Crippen LogP contribution in [-0.4, -0.2) is 14.8 Å². The predicted octanol–water partition coefficient (Wildman–Crippen LogP) is 8.70. The molecule has 37 heavy (non-hydrogen) atoms. The Balaban J connectivity index is 1.56. The van der Waals surface area contributed by atoms with Gasteiger partial charge in [-0.1, -0.05) is 109 Å². The molecule has 0 aliphatic rings. The van der Waals surface area contributed by atoms with Gasteiger partial charge in [0.2, 0.25) is 0 Å². The minimum absolute atomic E-state index is 0.848. The summed E-state index contributed by atoms with van der Waals surface area (Å²) >= 11 is 0. The van der Waals surface area contributed by atoms with E-state index >= 15 is 0 Å². The van der Waals surface area contributed by atoms with Crippen LogP contribution in [0.25, 0.3) is 71.2 Å². The normalized spacial score (nSPS) is 11.8. The molecular formula is C34H21N3. The molecule has 0 spiro atoms. The van der Waals surface area contributed by atoms with Crippen molar-refractivity contribution in [2.45, 2.75) is 0 Å². The largest absolute Gasteiger partial charge is 0.292 e. The van der Waals surface area contributed by atoms with E-state index in [1.165, 1.54) is 32.3 Å². The van der Waals surface area contributed by atoms with Gasteiger partial charge in [0.05, 0.1) is 11.0 Å². The van der Waals surface area contributed by atoms with Gasteiger partial charge in [-0.3, -0.25) is 4.57 Å². The van der Waals surface area contributed by atoms with Crippen molar-refractivity contribution in [2.75, 3.05) is 0 Å². The monoisotopic (exact) mass is 471 g/mol. The SMILES string of the molecule is c1ccc(-c2nnc(-n3c4cc5ccccc5cc4c4c5ccccc5ccc43)c3ccccc23)cc1. The highest BCUT2D eigenvalue weighted by Gasteiger charge is 2.19. The summed E-state index contributed by atoms with van der Waals surface area (Å²) in [6.45, 7) is 0. The molecule has 0 aliphatic carbocycles. The molecule has 0 radical (unpaired) electrons. The molecule has 172 valence electrons. The Morgan fingerprint density at radius 3 is 1.89 bits per heavy atom. The Labute approximate surface area is 213 Å². The third-order valence-corrected chi connectivity index (χ3v) is 7.45. The number of hydrogen-bond acceptors (Lipinski definition) is 2. The van der Waals surface area contributed by atoms with Crippen molar-refractivity contribution in [2.24, 2.45) is 0 Å². The molecule has 0 fully saturated rings. The maximum atomic E-state index is 4.90. The first-order valence-corrected chi connectivity index (χ1v) is 12.5. The molecule has 0 N–H and O–H groups in total. The van der Waals surface area contributed by atoms with E-state index in [0.717, 1.165) is 38.9 Å². The second kappa shape index (κ2) is 7.74. The summed E-state index contributed by atoms with van der Waals surface area (Å²) in [5.74, 6) is 0.848. The van der Waals surface area contributed by atoms with E-state index < -0.39 is 0 Å². The summed E-state index contributed by atoms with van der Waals surface area (Å²) in [6, 6.07) is 45.0. The van der Waals surface area contributed by atoms with Crippen LogP contribution in [0.5, 0.6) is 0 Å². The van der Waals surface area contributed by atoms with Gasteiger partial charge in [0.1, 0.15) is 5.69 Å². The zero-order valence-electron chi connectivity index (χ0n) is 20.0. The van der Waals surface area contributed by atoms with Crippen molar-refractivity contribution < 1.29 is 0 Å². The predicted molar refractivity (Wildman–Crippen MR) is 154 cm³/mol. The number of aromatic nitrogens is 3. The maximum Gasteiger partial charge on any atom is 0.168 e. The fourth-order valence-corrected chi connectivity index (χ4v) is 5.77. The van der Waals surface area contributed by atoms with Crippen LogP contribution < -0.4 is 0 Å². The summed E-state index contributed by atoms with van der Waals surface area (Å²) < 4.78 is 2.30. The molecule has 0 bridgehead atoms. The fraction of sp³-hybridized carbons (Fsp3) is 0. The van der Waals surface area contributed by atoms with Gasteiger partial charge in [-0.05, 0) is 39.7 Å². The highest BCUT2D eigenvalue weighted by atomic mass is 15.2. The van der Waals surface area contributed by atoms with Crippen LogP contribution in [0.3, 0.4) is 0 Å². The van der Waals surface area contributed by atoms with Gasteiger partial charge in [0.25, 0.3) is 0 Å². The standard InChI is InChI=1S/C34H21N3/c1-2-11-23(12-3-1)33-27-16-8-9-17-28(27)34(36-35-33)37-30-19-18-22-10-6-7-15-26(22)32(30)29-20-24-13-4-5-14-25(24)21-31(29)37/h1-21H. The van der Waals surface area contributed by atoms with Crippen LogP contribution in [0.15, 0.2) is 127 Å². The van der Waals surface area contributed by atoms with E-state index in [9.17, 15) is 0 Å². The lowest BCUT2D eigenvalue weighted by Crippen LogP contribution is -2.02. The summed E-state index contributed by atoms with van der Waals surface area (Å²) in [4.78, 5) is 0.